The Morgan fingerprint density at radius 2 is 0.573 bits per heavy atom. The highest BCUT2D eigenvalue weighted by molar-refractivity contribution is 7.26. The van der Waals surface area contributed by atoms with Crippen LogP contribution in [-0.2, 0) is 21.7 Å². The first-order valence-electron chi connectivity index (χ1n) is 45.2. The second-order valence-electron chi connectivity index (χ2n) is 37.6. The van der Waals surface area contributed by atoms with Crippen LogP contribution in [-0.4, -0.2) is 43.6 Å². The van der Waals surface area contributed by atoms with Crippen molar-refractivity contribution in [3.63, 3.8) is 0 Å². The van der Waals surface area contributed by atoms with Gasteiger partial charge in [0.2, 0.25) is 17.8 Å². The van der Waals surface area contributed by atoms with Gasteiger partial charge in [0.05, 0.1) is 50.2 Å². The molecule has 8 heterocycles. The maximum absolute atomic E-state index is 6.32. The molecule has 0 atom stereocenters. The van der Waals surface area contributed by atoms with Crippen molar-refractivity contribution in [2.45, 2.75) is 77.0 Å². The van der Waals surface area contributed by atoms with E-state index in [2.05, 4.69) is 391 Å². The summed E-state index contributed by atoms with van der Waals surface area (Å²) in [5, 5.41) is 12.2. The summed E-state index contributed by atoms with van der Waals surface area (Å²) in [4.78, 5) is 30.2. The number of fused-ring (bicyclic) bond motifs is 27. The first-order valence-corrected chi connectivity index (χ1v) is 46.0. The number of rotatable bonds is 7. The summed E-state index contributed by atoms with van der Waals surface area (Å²) >= 11 is 1.83. The van der Waals surface area contributed by atoms with Crippen molar-refractivity contribution in [1.29, 1.82) is 0 Å². The molecule has 0 unspecified atom stereocenters. The predicted molar refractivity (Wildman–Crippen MR) is 541 cm³/mol. The SMILES string of the molecule is CC1(C)c2ccccc2-c2cc3c(cc21)c1ccccc1n3-c1nccc(-c2ccc(-c3cccc4c3oc3ccccc34)cc2)n1.CC1(C)c2ccccc2-c2cc3c(cc21)c1ccccc1n3-c1nccc(-c2cccc3c2sc2ccccc23)n1.CC1(C)c2ccccc2-c2ccc(-c3ccnc(-n4c5ccccc5c5cc6c(cc54)-c4ccccc4C6(C)C)n3)cc21. The third kappa shape index (κ3) is 11.3. The molecule has 0 spiro atoms. The Balaban J connectivity index is 0.000000103. The molecule has 0 radical (unpaired) electrons. The molecule has 0 saturated carbocycles. The van der Waals surface area contributed by atoms with E-state index in [0.29, 0.717) is 17.8 Å². The monoisotopic (exact) mass is 1700 g/mol. The Morgan fingerprint density at radius 3 is 1.06 bits per heavy atom. The lowest BCUT2D eigenvalue weighted by atomic mass is 9.82. The van der Waals surface area contributed by atoms with E-state index in [4.69, 9.17) is 34.3 Å². The molecule has 0 aliphatic heterocycles. The lowest BCUT2D eigenvalue weighted by Crippen LogP contribution is -2.15. The van der Waals surface area contributed by atoms with E-state index in [-0.39, 0.29) is 21.7 Å². The van der Waals surface area contributed by atoms with Gasteiger partial charge in [-0.3, -0.25) is 13.7 Å². The summed E-state index contributed by atoms with van der Waals surface area (Å²) in [6.45, 7) is 18.7. The van der Waals surface area contributed by atoms with Gasteiger partial charge in [0.25, 0.3) is 0 Å². The van der Waals surface area contributed by atoms with Crippen LogP contribution in [0.1, 0.15) is 99.9 Å². The molecular formula is C120H85N9OS. The zero-order chi connectivity index (χ0) is 87.7. The number of benzene rings is 16. The number of thiophene rings is 1. The molecule has 4 aliphatic carbocycles. The maximum atomic E-state index is 6.32. The van der Waals surface area contributed by atoms with E-state index in [1.807, 2.05) is 60.3 Å². The van der Waals surface area contributed by atoms with Crippen LogP contribution in [0.4, 0.5) is 0 Å². The van der Waals surface area contributed by atoms with Crippen LogP contribution in [0.3, 0.4) is 0 Å². The normalized spacial score (nSPS) is 14.2. The van der Waals surface area contributed by atoms with Crippen LogP contribution < -0.4 is 0 Å². The molecule has 16 aromatic carbocycles. The fraction of sp³-hybridized carbons (Fsp3) is 0.100. The molecule has 11 heteroatoms. The molecule has 8 aromatic heterocycles. The van der Waals surface area contributed by atoms with Crippen LogP contribution in [0.25, 0.3) is 215 Å². The molecule has 10 nitrogen and oxygen atoms in total. The lowest BCUT2D eigenvalue weighted by molar-refractivity contribution is 0.660. The maximum Gasteiger partial charge on any atom is 0.235 e. The Bertz CT molecular complexity index is 9010. The van der Waals surface area contributed by atoms with Crippen molar-refractivity contribution in [2.75, 3.05) is 0 Å². The fourth-order valence-corrected chi connectivity index (χ4v) is 23.8. The van der Waals surface area contributed by atoms with E-state index in [1.165, 1.54) is 142 Å². The van der Waals surface area contributed by atoms with Gasteiger partial charge in [-0.05, 0) is 186 Å². The van der Waals surface area contributed by atoms with Crippen LogP contribution in [0.2, 0.25) is 0 Å². The highest BCUT2D eigenvalue weighted by Crippen LogP contribution is 2.56. The van der Waals surface area contributed by atoms with Gasteiger partial charge in [0, 0.05) is 126 Å². The van der Waals surface area contributed by atoms with Crippen molar-refractivity contribution in [2.24, 2.45) is 0 Å². The predicted octanol–water partition coefficient (Wildman–Crippen LogP) is 30.9. The number of aromatic nitrogens is 9. The van der Waals surface area contributed by atoms with Gasteiger partial charge in [0.15, 0.2) is 0 Å². The average Bonchev–Trinajstić information content (AvgIpc) is 1.55. The number of para-hydroxylation sites is 5. The highest BCUT2D eigenvalue weighted by Gasteiger charge is 2.41. The molecule has 131 heavy (non-hydrogen) atoms. The number of furan rings is 1. The van der Waals surface area contributed by atoms with E-state index >= 15 is 0 Å². The van der Waals surface area contributed by atoms with Crippen LogP contribution in [0.15, 0.2) is 375 Å². The number of hydrogen-bond acceptors (Lipinski definition) is 8. The molecule has 28 rings (SSSR count). The minimum absolute atomic E-state index is 0.0529. The van der Waals surface area contributed by atoms with E-state index in [0.717, 1.165) is 99.9 Å². The Labute approximate surface area is 760 Å². The van der Waals surface area contributed by atoms with Gasteiger partial charge in [-0.25, -0.2) is 29.9 Å². The van der Waals surface area contributed by atoms with E-state index in [9.17, 15) is 0 Å². The summed E-state index contributed by atoms with van der Waals surface area (Å²) in [6, 6.07) is 127. The molecule has 0 fully saturated rings. The van der Waals surface area contributed by atoms with Crippen molar-refractivity contribution in [1.82, 2.24) is 43.6 Å². The highest BCUT2D eigenvalue weighted by atomic mass is 32.1. The zero-order valence-corrected chi connectivity index (χ0v) is 74.4. The molecule has 4 aliphatic rings. The van der Waals surface area contributed by atoms with Crippen molar-refractivity contribution >= 4 is 119 Å². The number of nitrogens with zero attached hydrogens (tertiary/aromatic N) is 9. The Hall–Kier alpha value is -15.8. The van der Waals surface area contributed by atoms with Crippen LogP contribution in [0.5, 0.6) is 0 Å². The minimum atomic E-state index is -0.0676. The smallest absolute Gasteiger partial charge is 0.235 e. The number of hydrogen-bond donors (Lipinski definition) is 0. The molecule has 24 aromatic rings. The van der Waals surface area contributed by atoms with Crippen molar-refractivity contribution in [3.05, 3.63) is 415 Å². The molecular weight excluding hydrogens is 1620 g/mol. The van der Waals surface area contributed by atoms with Gasteiger partial charge >= 0.3 is 0 Å². The van der Waals surface area contributed by atoms with Gasteiger partial charge in [-0.15, -0.1) is 11.3 Å². The van der Waals surface area contributed by atoms with Gasteiger partial charge in [-0.1, -0.05) is 316 Å². The topological polar surface area (TPSA) is 105 Å². The standard InChI is InChI=1S/C43H29N3O.C40H31N3.C37H25N3S/c1-43(2)35-15-6-3-10-29(35)33-25-39-34(24-36(33)43)30-11-4-7-16-38(30)46(39)42-44-23-22-37(45-42)27-20-18-26(19-21-27)28-13-9-14-32-31-12-5-8-17-40(31)47-41(28)32;1-39(2)31-14-8-5-11-25(31)27-18-17-24(21-33(27)39)35-19-20-41-38(42-35)43-36-16-10-7-13-28(36)30-22-34-29(23-37(30)43)26-12-6-9-15-32(26)40(34,3)4;1-37(2)29-15-6-3-10-22(29)27-21-33-28(20-30(27)37)23-11-4-7-16-32(23)40(33)36-38-19-18-31(39-36)26-14-9-13-25-24-12-5-8-17-34(24)41-35(25)26/h3-25H,1-2H3;5-23H,1-4H3;3-21H,1-2H3. The Morgan fingerprint density at radius 1 is 0.229 bits per heavy atom. The van der Waals surface area contributed by atoms with Crippen LogP contribution in [0, 0.1) is 0 Å². The van der Waals surface area contributed by atoms with E-state index < -0.39 is 0 Å². The summed E-state index contributed by atoms with van der Waals surface area (Å²) < 4.78 is 15.6. The molecule has 0 amide bonds. The third-order valence-corrected chi connectivity index (χ3v) is 30.3. The lowest BCUT2D eigenvalue weighted by Gasteiger charge is -2.22. The fourth-order valence-electron chi connectivity index (χ4n) is 22.6. The molecule has 0 N–H and O–H groups in total. The Kier molecular flexibility index (Phi) is 16.5. The van der Waals surface area contributed by atoms with Gasteiger partial charge in [-0.2, -0.15) is 0 Å². The quantitative estimate of drug-likeness (QED) is 0.156. The van der Waals surface area contributed by atoms with Crippen molar-refractivity contribution < 1.29 is 4.42 Å². The third-order valence-electron chi connectivity index (χ3n) is 29.1. The minimum Gasteiger partial charge on any atom is -0.455 e. The van der Waals surface area contributed by atoms with Crippen LogP contribution >= 0.6 is 11.3 Å². The summed E-state index contributed by atoms with van der Waals surface area (Å²) in [6.07, 6.45) is 5.67. The summed E-state index contributed by atoms with van der Waals surface area (Å²) in [7, 11) is 0. The van der Waals surface area contributed by atoms with Gasteiger partial charge < -0.3 is 4.42 Å². The molecule has 0 saturated heterocycles. The second kappa shape index (κ2) is 28.3. The average molecular weight is 1700 g/mol. The first-order chi connectivity index (χ1) is 64.0. The zero-order valence-electron chi connectivity index (χ0n) is 73.6. The van der Waals surface area contributed by atoms with Gasteiger partial charge in [0.1, 0.15) is 11.2 Å². The van der Waals surface area contributed by atoms with Crippen molar-refractivity contribution in [3.8, 4) is 107 Å². The first kappa shape index (κ1) is 76.4. The summed E-state index contributed by atoms with van der Waals surface area (Å²) in [5.41, 5.74) is 38.0. The second-order valence-corrected chi connectivity index (χ2v) is 38.7. The molecule has 622 valence electrons. The molecule has 0 bridgehead atoms. The van der Waals surface area contributed by atoms with E-state index in [1.54, 1.807) is 0 Å². The largest absolute Gasteiger partial charge is 0.455 e. The summed E-state index contributed by atoms with van der Waals surface area (Å²) in [5.74, 6) is 2.05.